The highest BCUT2D eigenvalue weighted by Gasteiger charge is 2.31. The summed E-state index contributed by atoms with van der Waals surface area (Å²) in [6.07, 6.45) is 2.09. The van der Waals surface area contributed by atoms with E-state index in [2.05, 4.69) is 32.8 Å². The van der Waals surface area contributed by atoms with E-state index >= 15 is 0 Å². The maximum atomic E-state index is 9.61. The van der Waals surface area contributed by atoms with Crippen LogP contribution in [0.1, 0.15) is 52.8 Å². The van der Waals surface area contributed by atoms with Crippen LogP contribution in [-0.2, 0) is 5.41 Å². The predicted octanol–water partition coefficient (Wildman–Crippen LogP) is 2.52. The van der Waals surface area contributed by atoms with E-state index in [1.54, 1.807) is 13.3 Å². The summed E-state index contributed by atoms with van der Waals surface area (Å²) >= 11 is 0. The summed E-state index contributed by atoms with van der Waals surface area (Å²) in [6, 6.07) is 0.280. The van der Waals surface area contributed by atoms with E-state index in [1.807, 2.05) is 11.6 Å². The Bertz CT molecular complexity index is 367. The second kappa shape index (κ2) is 5.08. The molecule has 1 aromatic heterocycles. The molecule has 1 rings (SSSR count). The summed E-state index contributed by atoms with van der Waals surface area (Å²) < 4.78 is 7.35. The average molecular weight is 240 g/mol. The van der Waals surface area contributed by atoms with Crippen LogP contribution in [0.25, 0.3) is 0 Å². The van der Waals surface area contributed by atoms with E-state index in [4.69, 9.17) is 4.74 Å². The van der Waals surface area contributed by atoms with Crippen molar-refractivity contribution in [2.24, 2.45) is 0 Å². The van der Waals surface area contributed by atoms with E-state index < -0.39 is 0 Å². The number of rotatable bonds is 5. The third kappa shape index (κ3) is 3.00. The second-order valence-electron chi connectivity index (χ2n) is 5.54. The molecule has 0 spiro atoms. The number of hydrogen-bond acceptors (Lipinski definition) is 3. The van der Waals surface area contributed by atoms with Gasteiger partial charge in [-0.15, -0.1) is 0 Å². The molecule has 1 heterocycles. The zero-order chi connectivity index (χ0) is 13.2. The van der Waals surface area contributed by atoms with Gasteiger partial charge < -0.3 is 9.84 Å². The minimum Gasteiger partial charge on any atom is -0.493 e. The molecule has 0 saturated carbocycles. The molecule has 0 fully saturated rings. The van der Waals surface area contributed by atoms with Gasteiger partial charge in [0.1, 0.15) is 0 Å². The third-order valence-corrected chi connectivity index (χ3v) is 2.92. The van der Waals surface area contributed by atoms with Crippen LogP contribution < -0.4 is 4.74 Å². The van der Waals surface area contributed by atoms with Crippen LogP contribution >= 0.6 is 0 Å². The quantitative estimate of drug-likeness (QED) is 0.860. The van der Waals surface area contributed by atoms with Crippen LogP contribution in [0.4, 0.5) is 0 Å². The number of nitrogens with zero attached hydrogens (tertiary/aromatic N) is 2. The van der Waals surface area contributed by atoms with Crippen molar-refractivity contribution in [3.63, 3.8) is 0 Å². The summed E-state index contributed by atoms with van der Waals surface area (Å²) in [6.45, 7) is 10.2. The Morgan fingerprint density at radius 2 is 2.00 bits per heavy atom. The van der Waals surface area contributed by atoms with Gasteiger partial charge in [-0.1, -0.05) is 13.8 Å². The molecule has 1 N–H and O–H groups in total. The first kappa shape index (κ1) is 14.0. The van der Waals surface area contributed by atoms with Gasteiger partial charge in [0.05, 0.1) is 25.1 Å². The Morgan fingerprint density at radius 1 is 1.41 bits per heavy atom. The van der Waals surface area contributed by atoms with Gasteiger partial charge in [-0.2, -0.15) is 5.10 Å². The minimum atomic E-state index is -0.342. The molecule has 4 nitrogen and oxygen atoms in total. The van der Waals surface area contributed by atoms with Crippen molar-refractivity contribution < 1.29 is 9.84 Å². The summed E-state index contributed by atoms with van der Waals surface area (Å²) in [5.41, 5.74) is 0.885. The van der Waals surface area contributed by atoms with Crippen molar-refractivity contribution in [2.45, 2.75) is 58.6 Å². The first-order valence-electron chi connectivity index (χ1n) is 6.09. The molecule has 4 heteroatoms. The topological polar surface area (TPSA) is 47.3 Å². The van der Waals surface area contributed by atoms with Gasteiger partial charge in [0.15, 0.2) is 5.75 Å². The Kier molecular flexibility index (Phi) is 4.20. The van der Waals surface area contributed by atoms with E-state index in [-0.39, 0.29) is 17.6 Å². The van der Waals surface area contributed by atoms with Crippen LogP contribution in [0.2, 0.25) is 0 Å². The van der Waals surface area contributed by atoms with Gasteiger partial charge in [-0.05, 0) is 27.2 Å². The fourth-order valence-corrected chi connectivity index (χ4v) is 2.37. The van der Waals surface area contributed by atoms with E-state index in [1.165, 1.54) is 0 Å². The monoisotopic (exact) mass is 240 g/mol. The molecule has 0 radical (unpaired) electrons. The molecular weight excluding hydrogens is 216 g/mol. The molecule has 1 unspecified atom stereocenters. The number of aromatic nitrogens is 2. The van der Waals surface area contributed by atoms with Crippen molar-refractivity contribution in [3.8, 4) is 5.75 Å². The van der Waals surface area contributed by atoms with Gasteiger partial charge in [-0.25, -0.2) is 0 Å². The van der Waals surface area contributed by atoms with E-state index in [9.17, 15) is 5.11 Å². The molecule has 0 aromatic carbocycles. The van der Waals surface area contributed by atoms with Crippen molar-refractivity contribution in [2.75, 3.05) is 7.11 Å². The lowest BCUT2D eigenvalue weighted by atomic mass is 9.83. The lowest BCUT2D eigenvalue weighted by molar-refractivity contribution is 0.152. The smallest absolute Gasteiger partial charge is 0.160 e. The Hall–Kier alpha value is -1.03. The molecule has 0 amide bonds. The lowest BCUT2D eigenvalue weighted by Crippen LogP contribution is -2.27. The highest BCUT2D eigenvalue weighted by atomic mass is 16.5. The normalized spacial score (nSPS) is 14.1. The zero-order valence-corrected chi connectivity index (χ0v) is 11.7. The molecule has 0 bridgehead atoms. The van der Waals surface area contributed by atoms with Crippen molar-refractivity contribution in [1.82, 2.24) is 9.78 Å². The van der Waals surface area contributed by atoms with Gasteiger partial charge >= 0.3 is 0 Å². The Morgan fingerprint density at radius 3 is 2.41 bits per heavy atom. The highest BCUT2D eigenvalue weighted by molar-refractivity contribution is 5.32. The van der Waals surface area contributed by atoms with Crippen LogP contribution in [0.5, 0.6) is 5.75 Å². The Balaban J connectivity index is 3.21. The predicted molar refractivity (Wildman–Crippen MR) is 68.5 cm³/mol. The molecular formula is C13H24N2O2. The highest BCUT2D eigenvalue weighted by Crippen LogP contribution is 2.36. The first-order valence-corrected chi connectivity index (χ1v) is 6.09. The van der Waals surface area contributed by atoms with Crippen LogP contribution in [0.3, 0.4) is 0 Å². The second-order valence-corrected chi connectivity index (χ2v) is 5.54. The molecule has 0 aliphatic carbocycles. The van der Waals surface area contributed by atoms with Gasteiger partial charge in [0, 0.05) is 11.5 Å². The van der Waals surface area contributed by atoms with Crippen molar-refractivity contribution in [3.05, 3.63) is 11.9 Å². The lowest BCUT2D eigenvalue weighted by Gasteiger charge is -2.29. The summed E-state index contributed by atoms with van der Waals surface area (Å²) in [5.74, 6) is 0.796. The van der Waals surface area contributed by atoms with Crippen molar-refractivity contribution in [1.29, 1.82) is 0 Å². The van der Waals surface area contributed by atoms with Gasteiger partial charge in [0.2, 0.25) is 0 Å². The minimum absolute atomic E-state index is 0.166. The number of ether oxygens (including phenoxy) is 1. The van der Waals surface area contributed by atoms with E-state index in [0.717, 1.165) is 11.4 Å². The SMILES string of the molecule is COc1cnn(C(C)C)c1C(C)(C)CC(C)O. The number of aliphatic hydroxyl groups excluding tert-OH is 1. The van der Waals surface area contributed by atoms with Crippen LogP contribution in [-0.4, -0.2) is 28.1 Å². The maximum absolute atomic E-state index is 9.61. The summed E-state index contributed by atoms with van der Waals surface area (Å²) in [5, 5.41) is 14.0. The van der Waals surface area contributed by atoms with Gasteiger partial charge in [0.25, 0.3) is 0 Å². The summed E-state index contributed by atoms with van der Waals surface area (Å²) in [4.78, 5) is 0. The average Bonchev–Trinajstić information content (AvgIpc) is 2.59. The molecule has 98 valence electrons. The van der Waals surface area contributed by atoms with Gasteiger partial charge in [-0.3, -0.25) is 4.68 Å². The number of methoxy groups -OCH3 is 1. The molecule has 0 aliphatic rings. The molecule has 1 aromatic rings. The first-order chi connectivity index (χ1) is 7.79. The number of aliphatic hydroxyl groups is 1. The standard InChI is InChI=1S/C13H24N2O2/c1-9(2)15-12(11(17-6)8-14-15)13(4,5)7-10(3)16/h8-10,16H,7H2,1-6H3. The molecule has 17 heavy (non-hydrogen) atoms. The molecule has 1 atom stereocenters. The fraction of sp³-hybridized carbons (Fsp3) is 0.769. The number of hydrogen-bond donors (Lipinski definition) is 1. The molecule has 0 aliphatic heterocycles. The van der Waals surface area contributed by atoms with Crippen LogP contribution in [0, 0.1) is 0 Å². The van der Waals surface area contributed by atoms with Crippen molar-refractivity contribution >= 4 is 0 Å². The largest absolute Gasteiger partial charge is 0.493 e. The maximum Gasteiger partial charge on any atom is 0.160 e. The third-order valence-electron chi connectivity index (χ3n) is 2.92. The molecule has 0 saturated heterocycles. The fourth-order valence-electron chi connectivity index (χ4n) is 2.37. The van der Waals surface area contributed by atoms with Crippen LogP contribution in [0.15, 0.2) is 6.20 Å². The zero-order valence-electron chi connectivity index (χ0n) is 11.7. The summed E-state index contributed by atoms with van der Waals surface area (Å²) in [7, 11) is 1.66. The van der Waals surface area contributed by atoms with E-state index in [0.29, 0.717) is 6.42 Å². The Labute approximate surface area is 104 Å².